The van der Waals surface area contributed by atoms with Crippen LogP contribution in [0.3, 0.4) is 0 Å². The highest BCUT2D eigenvalue weighted by Gasteiger charge is 2.34. The standard InChI is InChI=1S/C15H20O3/c1-11(2)18-15(16)13-9-6-10-17-14(13)12-7-4-3-5-8-12/h3-5,7-8,11,13-14H,6,9-10H2,1-2H3. The van der Waals surface area contributed by atoms with Gasteiger partial charge in [-0.3, -0.25) is 4.79 Å². The summed E-state index contributed by atoms with van der Waals surface area (Å²) in [7, 11) is 0. The van der Waals surface area contributed by atoms with Crippen LogP contribution in [0.4, 0.5) is 0 Å². The van der Waals surface area contributed by atoms with Gasteiger partial charge in [0, 0.05) is 6.61 Å². The van der Waals surface area contributed by atoms with E-state index < -0.39 is 0 Å². The van der Waals surface area contributed by atoms with Crippen LogP contribution in [0.5, 0.6) is 0 Å². The van der Waals surface area contributed by atoms with Crippen LogP contribution in [0.1, 0.15) is 38.4 Å². The molecule has 1 aliphatic heterocycles. The first-order valence-corrected chi connectivity index (χ1v) is 6.55. The van der Waals surface area contributed by atoms with Gasteiger partial charge < -0.3 is 9.47 Å². The molecule has 0 N–H and O–H groups in total. The highest BCUT2D eigenvalue weighted by atomic mass is 16.5. The molecule has 1 saturated heterocycles. The average molecular weight is 248 g/mol. The Kier molecular flexibility index (Phi) is 4.37. The monoisotopic (exact) mass is 248 g/mol. The van der Waals surface area contributed by atoms with Gasteiger partial charge >= 0.3 is 5.97 Å². The molecule has 2 atom stereocenters. The van der Waals surface area contributed by atoms with E-state index in [1.54, 1.807) is 0 Å². The van der Waals surface area contributed by atoms with Gasteiger partial charge in [0.15, 0.2) is 0 Å². The fraction of sp³-hybridized carbons (Fsp3) is 0.533. The molecule has 1 fully saturated rings. The molecular formula is C15H20O3. The van der Waals surface area contributed by atoms with Gasteiger partial charge in [-0.25, -0.2) is 0 Å². The highest BCUT2D eigenvalue weighted by Crippen LogP contribution is 2.34. The van der Waals surface area contributed by atoms with E-state index in [4.69, 9.17) is 9.47 Å². The van der Waals surface area contributed by atoms with Gasteiger partial charge in [0.1, 0.15) is 0 Å². The molecule has 3 nitrogen and oxygen atoms in total. The Morgan fingerprint density at radius 1 is 1.33 bits per heavy atom. The lowest BCUT2D eigenvalue weighted by atomic mass is 9.89. The molecule has 2 rings (SSSR count). The third-order valence-electron chi connectivity index (χ3n) is 3.11. The van der Waals surface area contributed by atoms with E-state index in [-0.39, 0.29) is 24.1 Å². The number of hydrogen-bond donors (Lipinski definition) is 0. The Bertz CT molecular complexity index is 386. The number of hydrogen-bond acceptors (Lipinski definition) is 3. The lowest BCUT2D eigenvalue weighted by molar-refractivity contribution is -0.162. The van der Waals surface area contributed by atoms with Crippen LogP contribution in [0.2, 0.25) is 0 Å². The van der Waals surface area contributed by atoms with Crippen LogP contribution in [0, 0.1) is 5.92 Å². The van der Waals surface area contributed by atoms with Crippen molar-refractivity contribution in [3.63, 3.8) is 0 Å². The maximum Gasteiger partial charge on any atom is 0.312 e. The molecule has 1 heterocycles. The van der Waals surface area contributed by atoms with Gasteiger partial charge in [-0.1, -0.05) is 30.3 Å². The zero-order valence-corrected chi connectivity index (χ0v) is 11.0. The van der Waals surface area contributed by atoms with Crippen LogP contribution >= 0.6 is 0 Å². The summed E-state index contributed by atoms with van der Waals surface area (Å²) in [6.07, 6.45) is 1.52. The maximum absolute atomic E-state index is 12.1. The fourth-order valence-corrected chi connectivity index (χ4v) is 2.31. The van der Waals surface area contributed by atoms with E-state index >= 15 is 0 Å². The van der Waals surface area contributed by atoms with Crippen LogP contribution in [0.25, 0.3) is 0 Å². The van der Waals surface area contributed by atoms with Gasteiger partial charge in [-0.05, 0) is 32.3 Å². The van der Waals surface area contributed by atoms with Crippen molar-refractivity contribution in [2.45, 2.75) is 38.9 Å². The Morgan fingerprint density at radius 2 is 2.06 bits per heavy atom. The Balaban J connectivity index is 2.13. The van der Waals surface area contributed by atoms with Crippen molar-refractivity contribution in [2.75, 3.05) is 6.61 Å². The Morgan fingerprint density at radius 3 is 2.72 bits per heavy atom. The normalized spacial score (nSPS) is 23.9. The lowest BCUT2D eigenvalue weighted by Crippen LogP contribution is -2.31. The summed E-state index contributed by atoms with van der Waals surface area (Å²) < 4.78 is 11.1. The fourth-order valence-electron chi connectivity index (χ4n) is 2.31. The Hall–Kier alpha value is -1.35. The van der Waals surface area contributed by atoms with E-state index in [1.165, 1.54) is 0 Å². The number of ether oxygens (including phenoxy) is 2. The first kappa shape index (κ1) is 13.1. The van der Waals surface area contributed by atoms with Crippen molar-refractivity contribution in [1.29, 1.82) is 0 Å². The van der Waals surface area contributed by atoms with Crippen LogP contribution in [-0.4, -0.2) is 18.7 Å². The zero-order chi connectivity index (χ0) is 13.0. The maximum atomic E-state index is 12.1. The molecule has 1 aromatic rings. The van der Waals surface area contributed by atoms with Gasteiger partial charge in [-0.15, -0.1) is 0 Å². The molecule has 0 radical (unpaired) electrons. The molecule has 3 heteroatoms. The highest BCUT2D eigenvalue weighted by molar-refractivity contribution is 5.73. The lowest BCUT2D eigenvalue weighted by Gasteiger charge is -2.31. The molecule has 98 valence electrons. The Labute approximate surface area is 108 Å². The number of carbonyl (C=O) groups excluding carboxylic acids is 1. The second kappa shape index (κ2) is 6.01. The molecule has 0 bridgehead atoms. The number of rotatable bonds is 3. The third-order valence-corrected chi connectivity index (χ3v) is 3.11. The molecule has 0 aromatic heterocycles. The quantitative estimate of drug-likeness (QED) is 0.771. The predicted octanol–water partition coefficient (Wildman–Crippen LogP) is 3.11. The summed E-state index contributed by atoms with van der Waals surface area (Å²) in [6, 6.07) is 9.92. The predicted molar refractivity (Wildman–Crippen MR) is 69.1 cm³/mol. The SMILES string of the molecule is CC(C)OC(=O)C1CCCOC1c1ccccc1. The first-order valence-electron chi connectivity index (χ1n) is 6.55. The van der Waals surface area contributed by atoms with E-state index in [2.05, 4.69) is 0 Å². The molecule has 0 spiro atoms. The van der Waals surface area contributed by atoms with Gasteiger partial charge in [-0.2, -0.15) is 0 Å². The topological polar surface area (TPSA) is 35.5 Å². The van der Waals surface area contributed by atoms with E-state index in [9.17, 15) is 4.79 Å². The summed E-state index contributed by atoms with van der Waals surface area (Å²) >= 11 is 0. The zero-order valence-electron chi connectivity index (χ0n) is 11.0. The molecule has 0 aliphatic carbocycles. The van der Waals surface area contributed by atoms with Gasteiger partial charge in [0.2, 0.25) is 0 Å². The summed E-state index contributed by atoms with van der Waals surface area (Å²) in [4.78, 5) is 12.1. The van der Waals surface area contributed by atoms with Crippen LogP contribution in [0.15, 0.2) is 30.3 Å². The van der Waals surface area contributed by atoms with E-state index in [0.717, 1.165) is 18.4 Å². The largest absolute Gasteiger partial charge is 0.463 e. The molecule has 1 aliphatic rings. The third kappa shape index (κ3) is 3.10. The second-order valence-corrected chi connectivity index (χ2v) is 4.94. The molecule has 1 aromatic carbocycles. The molecule has 2 unspecified atom stereocenters. The smallest absolute Gasteiger partial charge is 0.312 e. The van der Waals surface area contributed by atoms with Crippen molar-refractivity contribution >= 4 is 5.97 Å². The molecule has 0 amide bonds. The molecule has 0 saturated carbocycles. The summed E-state index contributed by atoms with van der Waals surface area (Å²) in [5, 5.41) is 0. The minimum absolute atomic E-state index is 0.0733. The van der Waals surface area contributed by atoms with Crippen molar-refractivity contribution < 1.29 is 14.3 Å². The minimum Gasteiger partial charge on any atom is -0.463 e. The summed E-state index contributed by atoms with van der Waals surface area (Å²) in [6.45, 7) is 4.46. The van der Waals surface area contributed by atoms with Crippen molar-refractivity contribution in [3.8, 4) is 0 Å². The number of esters is 1. The molecule has 18 heavy (non-hydrogen) atoms. The molecular weight excluding hydrogens is 228 g/mol. The number of benzene rings is 1. The average Bonchev–Trinajstić information content (AvgIpc) is 2.39. The summed E-state index contributed by atoms with van der Waals surface area (Å²) in [5.41, 5.74) is 1.06. The number of carbonyl (C=O) groups is 1. The van der Waals surface area contributed by atoms with E-state index in [1.807, 2.05) is 44.2 Å². The van der Waals surface area contributed by atoms with Crippen molar-refractivity contribution in [3.05, 3.63) is 35.9 Å². The summed E-state index contributed by atoms with van der Waals surface area (Å²) in [5.74, 6) is -0.317. The van der Waals surface area contributed by atoms with Crippen LogP contribution in [-0.2, 0) is 14.3 Å². The van der Waals surface area contributed by atoms with Gasteiger partial charge in [0.25, 0.3) is 0 Å². The van der Waals surface area contributed by atoms with Crippen molar-refractivity contribution in [2.24, 2.45) is 5.92 Å². The van der Waals surface area contributed by atoms with E-state index in [0.29, 0.717) is 6.61 Å². The van der Waals surface area contributed by atoms with Crippen molar-refractivity contribution in [1.82, 2.24) is 0 Å². The second-order valence-electron chi connectivity index (χ2n) is 4.94. The minimum atomic E-state index is -0.177. The van der Waals surface area contributed by atoms with Crippen LogP contribution < -0.4 is 0 Å². The first-order chi connectivity index (χ1) is 8.68. The van der Waals surface area contributed by atoms with Gasteiger partial charge in [0.05, 0.1) is 18.1 Å².